The molecular weight excluding hydrogens is 1050 g/mol. The molecule has 0 fully saturated rings. The molecule has 0 saturated carbocycles. The molecule has 84 heavy (non-hydrogen) atoms. The number of para-hydroxylation sites is 2. The Kier molecular flexibility index (Phi) is 11.8. The molecule has 13 aromatic carbocycles. The number of hydrogen-bond acceptors (Lipinski definition) is 0. The van der Waals surface area contributed by atoms with Crippen LogP contribution in [0.25, 0.3) is 143 Å². The van der Waals surface area contributed by atoms with Gasteiger partial charge in [0.25, 0.3) is 0 Å². The van der Waals surface area contributed by atoms with Crippen LogP contribution in [-0.4, -0.2) is 9.13 Å². The standard InChI is InChI=1S/C76H46F6N2/c77-75(78,79)57-31-21-47(22-32-57)51-27-37-69-63(41-51)65-43-55(29-39-71(65)83(69)59-17-9-3-10-18-59)53-26-36-62-67(45-53)73(49-13-5-1-6-14-49)61-35-25-54(46-68(61)74(62)50-15-7-2-8-16-50)56-30-40-72-66(44-56)64-42-52(48-23-33-58(34-24-48)76(80,81)82)28-38-70(64)84(72)60-19-11-4-12-20-60/h1-46H. The van der Waals surface area contributed by atoms with Crippen molar-refractivity contribution in [1.29, 1.82) is 0 Å². The molecule has 0 amide bonds. The fourth-order valence-electron chi connectivity index (χ4n) is 12.6. The first-order chi connectivity index (χ1) is 40.9. The van der Waals surface area contributed by atoms with Gasteiger partial charge in [-0.15, -0.1) is 0 Å². The highest BCUT2D eigenvalue weighted by Gasteiger charge is 2.31. The van der Waals surface area contributed by atoms with Gasteiger partial charge in [-0.05, 0) is 198 Å². The molecule has 0 atom stereocenters. The second kappa shape index (κ2) is 19.6. The van der Waals surface area contributed by atoms with Gasteiger partial charge in [-0.3, -0.25) is 0 Å². The smallest absolute Gasteiger partial charge is 0.309 e. The van der Waals surface area contributed by atoms with E-state index < -0.39 is 23.5 Å². The van der Waals surface area contributed by atoms with Gasteiger partial charge in [0.05, 0.1) is 33.2 Å². The minimum Gasteiger partial charge on any atom is -0.309 e. The van der Waals surface area contributed by atoms with Crippen LogP contribution in [0.15, 0.2) is 279 Å². The van der Waals surface area contributed by atoms with Crippen LogP contribution >= 0.6 is 0 Å². The summed E-state index contributed by atoms with van der Waals surface area (Å²) >= 11 is 0. The number of alkyl halides is 6. The molecule has 2 aromatic heterocycles. The Morgan fingerprint density at radius 1 is 0.202 bits per heavy atom. The largest absolute Gasteiger partial charge is 0.416 e. The van der Waals surface area contributed by atoms with Crippen molar-refractivity contribution >= 4 is 65.2 Å². The highest BCUT2D eigenvalue weighted by atomic mass is 19.4. The summed E-state index contributed by atoms with van der Waals surface area (Å²) in [5, 5.41) is 8.36. The molecule has 0 aliphatic heterocycles. The van der Waals surface area contributed by atoms with Gasteiger partial charge < -0.3 is 9.13 Å². The summed E-state index contributed by atoms with van der Waals surface area (Å²) < 4.78 is 86.4. The van der Waals surface area contributed by atoms with E-state index in [4.69, 9.17) is 0 Å². The van der Waals surface area contributed by atoms with E-state index >= 15 is 0 Å². The zero-order chi connectivity index (χ0) is 56.8. The van der Waals surface area contributed by atoms with E-state index in [-0.39, 0.29) is 0 Å². The lowest BCUT2D eigenvalue weighted by molar-refractivity contribution is -0.138. The Labute approximate surface area is 479 Å². The normalized spacial score (nSPS) is 12.2. The van der Waals surface area contributed by atoms with Crippen molar-refractivity contribution in [2.24, 2.45) is 0 Å². The number of halogens is 6. The lowest BCUT2D eigenvalue weighted by Crippen LogP contribution is -2.03. The number of fused-ring (bicyclic) bond motifs is 8. The molecule has 402 valence electrons. The number of rotatable bonds is 8. The number of hydrogen-bond donors (Lipinski definition) is 0. The van der Waals surface area contributed by atoms with Gasteiger partial charge >= 0.3 is 12.4 Å². The molecule has 0 radical (unpaired) electrons. The van der Waals surface area contributed by atoms with E-state index in [1.165, 1.54) is 0 Å². The Bertz CT molecular complexity index is 4720. The van der Waals surface area contributed by atoms with Crippen molar-refractivity contribution in [3.63, 3.8) is 0 Å². The summed E-state index contributed by atoms with van der Waals surface area (Å²) in [6.45, 7) is 0. The zero-order valence-corrected chi connectivity index (χ0v) is 44.7. The van der Waals surface area contributed by atoms with Gasteiger partial charge in [-0.25, -0.2) is 0 Å². The van der Waals surface area contributed by atoms with E-state index in [1.54, 1.807) is 24.3 Å². The minimum absolute atomic E-state index is 0.684. The SMILES string of the molecule is FC(F)(F)c1ccc(-c2ccc3c(c2)c2cc(-c4ccc5c(-c6ccccc6)c6cc(-c7ccc8c(c7)c7cc(-c9ccc(C(F)(F)F)cc9)ccc7n8-c7ccccc7)ccc6c(-c6ccccc6)c5c4)ccc2n3-c2ccccc2)cc1. The van der Waals surface area contributed by atoms with E-state index in [1.807, 2.05) is 60.7 Å². The molecule has 2 nitrogen and oxygen atoms in total. The minimum atomic E-state index is -4.43. The van der Waals surface area contributed by atoms with Crippen LogP contribution in [0.4, 0.5) is 26.3 Å². The summed E-state index contributed by atoms with van der Waals surface area (Å²) in [5.74, 6) is 0. The first kappa shape index (κ1) is 50.5. The molecule has 2 heterocycles. The fraction of sp³-hybridized carbons (Fsp3) is 0.0263. The highest BCUT2D eigenvalue weighted by molar-refractivity contribution is 6.23. The second-order valence-electron chi connectivity index (χ2n) is 21.4. The maximum absolute atomic E-state index is 13.6. The van der Waals surface area contributed by atoms with Gasteiger partial charge in [0, 0.05) is 32.9 Å². The van der Waals surface area contributed by atoms with Crippen LogP contribution in [0.3, 0.4) is 0 Å². The van der Waals surface area contributed by atoms with Crippen molar-refractivity contribution in [3.05, 3.63) is 290 Å². The summed E-state index contributed by atoms with van der Waals surface area (Å²) in [6.07, 6.45) is -8.86. The number of nitrogens with zero attached hydrogens (tertiary/aromatic N) is 2. The van der Waals surface area contributed by atoms with Crippen molar-refractivity contribution in [2.75, 3.05) is 0 Å². The van der Waals surface area contributed by atoms with E-state index in [0.29, 0.717) is 11.1 Å². The van der Waals surface area contributed by atoms with Gasteiger partial charge in [0.1, 0.15) is 0 Å². The van der Waals surface area contributed by atoms with E-state index in [0.717, 1.165) is 156 Å². The van der Waals surface area contributed by atoms with Crippen molar-refractivity contribution in [2.45, 2.75) is 12.4 Å². The molecule has 0 unspecified atom stereocenters. The quantitative estimate of drug-likeness (QED) is 0.106. The van der Waals surface area contributed by atoms with Gasteiger partial charge in [-0.2, -0.15) is 26.3 Å². The third-order valence-corrected chi connectivity index (χ3v) is 16.6. The average molecular weight is 1100 g/mol. The van der Waals surface area contributed by atoms with Crippen LogP contribution in [0.1, 0.15) is 11.1 Å². The number of aromatic nitrogens is 2. The maximum Gasteiger partial charge on any atom is 0.416 e. The molecule has 15 aromatic rings. The predicted octanol–water partition coefficient (Wildman–Crippen LogP) is 22.2. The molecule has 0 aliphatic carbocycles. The average Bonchev–Trinajstić information content (AvgIpc) is 1.79. The first-order valence-corrected chi connectivity index (χ1v) is 27.7. The third-order valence-electron chi connectivity index (χ3n) is 16.6. The van der Waals surface area contributed by atoms with Crippen molar-refractivity contribution in [3.8, 4) is 78.1 Å². The lowest BCUT2D eigenvalue weighted by Gasteiger charge is -2.20. The molecule has 0 bridgehead atoms. The van der Waals surface area contributed by atoms with Gasteiger partial charge in [-0.1, -0.05) is 170 Å². The highest BCUT2D eigenvalue weighted by Crippen LogP contribution is 2.48. The summed E-state index contributed by atoms with van der Waals surface area (Å²) in [7, 11) is 0. The van der Waals surface area contributed by atoms with Crippen LogP contribution < -0.4 is 0 Å². The maximum atomic E-state index is 13.6. The zero-order valence-electron chi connectivity index (χ0n) is 44.7. The van der Waals surface area contributed by atoms with Crippen LogP contribution in [0.2, 0.25) is 0 Å². The molecule has 0 N–H and O–H groups in total. The van der Waals surface area contributed by atoms with Crippen molar-refractivity contribution < 1.29 is 26.3 Å². The lowest BCUT2D eigenvalue weighted by atomic mass is 9.84. The van der Waals surface area contributed by atoms with E-state index in [9.17, 15) is 26.3 Å². The summed E-state index contributed by atoms with van der Waals surface area (Å²) in [6, 6.07) is 91.2. The fourth-order valence-corrected chi connectivity index (χ4v) is 12.6. The van der Waals surface area contributed by atoms with Crippen LogP contribution in [0.5, 0.6) is 0 Å². The van der Waals surface area contributed by atoms with Crippen LogP contribution in [0, 0.1) is 0 Å². The van der Waals surface area contributed by atoms with Gasteiger partial charge in [0.15, 0.2) is 0 Å². The Balaban J connectivity index is 0.916. The first-order valence-electron chi connectivity index (χ1n) is 27.7. The summed E-state index contributed by atoms with van der Waals surface area (Å²) in [5.41, 5.74) is 16.1. The molecule has 15 rings (SSSR count). The van der Waals surface area contributed by atoms with E-state index in [2.05, 4.69) is 179 Å². The number of benzene rings is 13. The topological polar surface area (TPSA) is 9.86 Å². The molecule has 0 aliphatic rings. The Morgan fingerprint density at radius 3 is 0.750 bits per heavy atom. The Hall–Kier alpha value is -10.4. The van der Waals surface area contributed by atoms with Crippen molar-refractivity contribution in [1.82, 2.24) is 9.13 Å². The molecule has 8 heteroatoms. The molecule has 0 spiro atoms. The predicted molar refractivity (Wildman–Crippen MR) is 333 cm³/mol. The monoisotopic (exact) mass is 1100 g/mol. The molecular formula is C76H46F6N2. The third kappa shape index (κ3) is 8.60. The van der Waals surface area contributed by atoms with Gasteiger partial charge in [0.2, 0.25) is 0 Å². The molecule has 0 saturated heterocycles. The van der Waals surface area contributed by atoms with Crippen LogP contribution in [-0.2, 0) is 12.4 Å². The second-order valence-corrected chi connectivity index (χ2v) is 21.4. The Morgan fingerprint density at radius 2 is 0.452 bits per heavy atom. The summed E-state index contributed by atoms with van der Waals surface area (Å²) in [4.78, 5) is 0.